The van der Waals surface area contributed by atoms with E-state index >= 15 is 0 Å². The van der Waals surface area contributed by atoms with Gasteiger partial charge in [0.05, 0.1) is 11.6 Å². The fourth-order valence-corrected chi connectivity index (χ4v) is 3.56. The number of para-hydroxylation sites is 1. The van der Waals surface area contributed by atoms with Crippen molar-refractivity contribution in [2.24, 2.45) is 0 Å². The van der Waals surface area contributed by atoms with Crippen LogP contribution < -0.4 is 11.1 Å². The summed E-state index contributed by atoms with van der Waals surface area (Å²) in [5.74, 6) is 0.272. The predicted molar refractivity (Wildman–Crippen MR) is 99.5 cm³/mol. The molecule has 0 amide bonds. The molecule has 4 aromatic rings. The van der Waals surface area contributed by atoms with Crippen LogP contribution in [0.25, 0.3) is 16.8 Å². The molecule has 0 bridgehead atoms. The number of nitrogens with one attached hydrogen (secondary N) is 1. The zero-order valence-corrected chi connectivity index (χ0v) is 13.8. The average Bonchev–Trinajstić information content (AvgIpc) is 2.97. The van der Waals surface area contributed by atoms with Gasteiger partial charge in [-0.1, -0.05) is 48.0 Å². The number of aryl methyl sites for hydroxylation is 1. The quantitative estimate of drug-likeness (QED) is 0.558. The third-order valence-electron chi connectivity index (χ3n) is 4.76. The zero-order chi connectivity index (χ0) is 17.0. The van der Waals surface area contributed by atoms with Gasteiger partial charge in [0.1, 0.15) is 5.69 Å². The molecule has 0 fully saturated rings. The summed E-state index contributed by atoms with van der Waals surface area (Å²) in [7, 11) is 0. The van der Waals surface area contributed by atoms with Crippen LogP contribution in [0.4, 0.5) is 11.6 Å². The lowest BCUT2D eigenvalue weighted by atomic mass is 9.99. The Morgan fingerprint density at radius 2 is 1.84 bits per heavy atom. The van der Waals surface area contributed by atoms with Gasteiger partial charge < -0.3 is 11.1 Å². The minimum Gasteiger partial charge on any atom is -0.374 e. The van der Waals surface area contributed by atoms with Gasteiger partial charge in [-0.2, -0.15) is 0 Å². The smallest absolute Gasteiger partial charge is 0.238 e. The summed E-state index contributed by atoms with van der Waals surface area (Å²) in [6, 6.07) is 18.9. The molecule has 2 aromatic heterocycles. The molecule has 1 aliphatic rings. The molecule has 1 unspecified atom stereocenters. The molecule has 3 heterocycles. The van der Waals surface area contributed by atoms with E-state index in [9.17, 15) is 0 Å². The number of nitrogen functional groups attached to an aromatic ring is 1. The number of aromatic nitrogens is 3. The lowest BCUT2D eigenvalue weighted by molar-refractivity contribution is 0.911. The Kier molecular flexibility index (Phi) is 2.85. The van der Waals surface area contributed by atoms with Gasteiger partial charge >= 0.3 is 0 Å². The van der Waals surface area contributed by atoms with Crippen LogP contribution in [0.5, 0.6) is 0 Å². The molecular formula is C20H17N5. The molecule has 0 radical (unpaired) electrons. The molecule has 1 aliphatic heterocycles. The van der Waals surface area contributed by atoms with Gasteiger partial charge in [-0.15, -0.1) is 5.10 Å². The maximum atomic E-state index is 5.94. The van der Waals surface area contributed by atoms with E-state index in [1.54, 1.807) is 0 Å². The first-order valence-corrected chi connectivity index (χ1v) is 8.28. The number of hydrogen-bond donors (Lipinski definition) is 2. The fourth-order valence-electron chi connectivity index (χ4n) is 3.56. The maximum Gasteiger partial charge on any atom is 0.238 e. The molecule has 122 valence electrons. The van der Waals surface area contributed by atoms with E-state index in [4.69, 9.17) is 5.73 Å². The van der Waals surface area contributed by atoms with Gasteiger partial charge in [0.25, 0.3) is 0 Å². The van der Waals surface area contributed by atoms with Gasteiger partial charge in [-0.25, -0.2) is 9.50 Å². The molecular weight excluding hydrogens is 310 g/mol. The summed E-state index contributed by atoms with van der Waals surface area (Å²) in [5, 5.41) is 8.04. The van der Waals surface area contributed by atoms with Crippen LogP contribution in [0.3, 0.4) is 0 Å². The zero-order valence-electron chi connectivity index (χ0n) is 13.8. The number of benzene rings is 2. The fraction of sp³-hybridized carbons (Fsp3) is 0.100. The van der Waals surface area contributed by atoms with Crippen molar-refractivity contribution in [2.75, 3.05) is 11.1 Å². The number of fused-ring (bicyclic) bond motifs is 2. The van der Waals surface area contributed by atoms with E-state index in [2.05, 4.69) is 64.8 Å². The average molecular weight is 327 g/mol. The summed E-state index contributed by atoms with van der Waals surface area (Å²) < 4.78 is 1.83. The standard InChI is InChI=1S/C20H17N5/c1-12-6-8-13(9-7-12)17-15-10-11-25-19(15)18(23-20(21)24-25)14-4-2-3-5-16(14)22-17/h2-11,17,22H,1H3,(H2,21,24). The van der Waals surface area contributed by atoms with Crippen LogP contribution in [-0.4, -0.2) is 14.6 Å². The molecule has 0 aliphatic carbocycles. The van der Waals surface area contributed by atoms with Crippen molar-refractivity contribution in [3.05, 3.63) is 77.5 Å². The monoisotopic (exact) mass is 327 g/mol. The molecule has 5 rings (SSSR count). The van der Waals surface area contributed by atoms with Gasteiger partial charge in [0.15, 0.2) is 0 Å². The SMILES string of the molecule is Cc1ccc(C2Nc3ccccc3-c3nc(N)nn4ccc2c34)cc1. The van der Waals surface area contributed by atoms with E-state index in [1.807, 2.05) is 22.8 Å². The summed E-state index contributed by atoms with van der Waals surface area (Å²) >= 11 is 0. The molecule has 0 spiro atoms. The van der Waals surface area contributed by atoms with Crippen LogP contribution in [-0.2, 0) is 0 Å². The normalized spacial score (nSPS) is 15.5. The molecule has 5 nitrogen and oxygen atoms in total. The molecule has 25 heavy (non-hydrogen) atoms. The van der Waals surface area contributed by atoms with E-state index in [-0.39, 0.29) is 12.0 Å². The number of anilines is 2. The van der Waals surface area contributed by atoms with Crippen molar-refractivity contribution in [3.63, 3.8) is 0 Å². The van der Waals surface area contributed by atoms with E-state index in [0.717, 1.165) is 28.0 Å². The summed E-state index contributed by atoms with van der Waals surface area (Å²) in [5.41, 5.74) is 13.5. The highest BCUT2D eigenvalue weighted by Gasteiger charge is 2.26. The van der Waals surface area contributed by atoms with Crippen LogP contribution in [0.2, 0.25) is 0 Å². The van der Waals surface area contributed by atoms with Gasteiger partial charge in [-0.3, -0.25) is 0 Å². The Hall–Kier alpha value is -3.34. The highest BCUT2D eigenvalue weighted by molar-refractivity contribution is 5.90. The molecule has 5 heteroatoms. The first-order chi connectivity index (χ1) is 12.2. The van der Waals surface area contributed by atoms with Crippen molar-refractivity contribution in [2.45, 2.75) is 13.0 Å². The summed E-state index contributed by atoms with van der Waals surface area (Å²) in [6.07, 6.45) is 1.95. The second-order valence-corrected chi connectivity index (χ2v) is 6.42. The number of nitrogens with two attached hydrogens (primary N) is 1. The molecule has 3 N–H and O–H groups in total. The van der Waals surface area contributed by atoms with Crippen LogP contribution in [0.1, 0.15) is 22.7 Å². The van der Waals surface area contributed by atoms with Gasteiger partial charge in [0, 0.05) is 23.0 Å². The van der Waals surface area contributed by atoms with E-state index in [1.165, 1.54) is 11.1 Å². The van der Waals surface area contributed by atoms with Crippen molar-refractivity contribution in [3.8, 4) is 11.3 Å². The van der Waals surface area contributed by atoms with Crippen LogP contribution in [0.15, 0.2) is 60.8 Å². The third-order valence-corrected chi connectivity index (χ3v) is 4.76. The number of nitrogens with zero attached hydrogens (tertiary/aromatic N) is 3. The Balaban J connectivity index is 1.84. The second kappa shape index (κ2) is 5.08. The largest absolute Gasteiger partial charge is 0.374 e. The Labute approximate surface area is 145 Å². The van der Waals surface area contributed by atoms with Crippen molar-refractivity contribution >= 4 is 17.2 Å². The van der Waals surface area contributed by atoms with Crippen molar-refractivity contribution < 1.29 is 0 Å². The van der Waals surface area contributed by atoms with Crippen LogP contribution in [0, 0.1) is 6.92 Å². The highest BCUT2D eigenvalue weighted by atomic mass is 15.3. The minimum absolute atomic E-state index is 0.0280. The maximum absolute atomic E-state index is 5.94. The predicted octanol–water partition coefficient (Wildman–Crippen LogP) is 3.80. The van der Waals surface area contributed by atoms with E-state index in [0.29, 0.717) is 0 Å². The summed E-state index contributed by atoms with van der Waals surface area (Å²) in [4.78, 5) is 4.55. The lowest BCUT2D eigenvalue weighted by Gasteiger charge is -2.19. The topological polar surface area (TPSA) is 68.2 Å². The van der Waals surface area contributed by atoms with Crippen molar-refractivity contribution in [1.29, 1.82) is 0 Å². The number of rotatable bonds is 1. The first kappa shape index (κ1) is 14.0. The van der Waals surface area contributed by atoms with Crippen molar-refractivity contribution in [1.82, 2.24) is 14.6 Å². The molecule has 2 aromatic carbocycles. The molecule has 0 saturated carbocycles. The van der Waals surface area contributed by atoms with Gasteiger partial charge in [-0.05, 0) is 24.6 Å². The Morgan fingerprint density at radius 3 is 2.68 bits per heavy atom. The highest BCUT2D eigenvalue weighted by Crippen LogP contribution is 2.41. The Morgan fingerprint density at radius 1 is 1.04 bits per heavy atom. The summed E-state index contributed by atoms with van der Waals surface area (Å²) in [6.45, 7) is 2.10. The van der Waals surface area contributed by atoms with Gasteiger partial charge in [0.2, 0.25) is 5.95 Å². The third kappa shape index (κ3) is 2.09. The number of hydrogen-bond acceptors (Lipinski definition) is 4. The second-order valence-electron chi connectivity index (χ2n) is 6.42. The molecule has 0 saturated heterocycles. The molecule has 1 atom stereocenters. The first-order valence-electron chi connectivity index (χ1n) is 8.28. The Bertz CT molecular complexity index is 1090. The van der Waals surface area contributed by atoms with Crippen LogP contribution >= 0.6 is 0 Å². The lowest BCUT2D eigenvalue weighted by Crippen LogP contribution is -2.11. The minimum atomic E-state index is 0.0280. The van der Waals surface area contributed by atoms with E-state index < -0.39 is 0 Å².